The van der Waals surface area contributed by atoms with Crippen LogP contribution in [-0.2, 0) is 0 Å². The maximum Gasteiger partial charge on any atom is 0.254 e. The maximum absolute atomic E-state index is 13.4. The summed E-state index contributed by atoms with van der Waals surface area (Å²) in [4.78, 5) is 11.7. The number of nitrogens with one attached hydrogen (secondary N) is 1. The van der Waals surface area contributed by atoms with Gasteiger partial charge in [-0.3, -0.25) is 4.79 Å². The molecule has 0 aromatic heterocycles. The van der Waals surface area contributed by atoms with Crippen LogP contribution in [0.15, 0.2) is 18.2 Å². The van der Waals surface area contributed by atoms with E-state index in [1.807, 2.05) is 13.8 Å². The van der Waals surface area contributed by atoms with Crippen LogP contribution in [0.1, 0.15) is 37.6 Å². The zero-order valence-corrected chi connectivity index (χ0v) is 11.3. The van der Waals surface area contributed by atoms with Crippen molar-refractivity contribution in [3.05, 3.63) is 35.4 Å². The van der Waals surface area contributed by atoms with Gasteiger partial charge in [-0.25, -0.2) is 8.78 Å². The van der Waals surface area contributed by atoms with Gasteiger partial charge >= 0.3 is 0 Å². The molecule has 1 rings (SSSR count). The number of aliphatic hydroxyl groups is 1. The summed E-state index contributed by atoms with van der Waals surface area (Å²) in [5.74, 6) is -2.23. The minimum atomic E-state index is -1.09. The molecule has 0 spiro atoms. The van der Waals surface area contributed by atoms with Gasteiger partial charge in [-0.15, -0.1) is 0 Å². The molecule has 0 saturated heterocycles. The van der Waals surface area contributed by atoms with Crippen LogP contribution < -0.4 is 5.32 Å². The van der Waals surface area contributed by atoms with E-state index < -0.39 is 23.1 Å². The smallest absolute Gasteiger partial charge is 0.254 e. The molecule has 0 radical (unpaired) electrons. The third-order valence-electron chi connectivity index (χ3n) is 3.45. The van der Waals surface area contributed by atoms with Gasteiger partial charge in [0.05, 0.1) is 11.2 Å². The van der Waals surface area contributed by atoms with Crippen LogP contribution in [0.25, 0.3) is 0 Å². The number of hydrogen-bond acceptors (Lipinski definition) is 2. The normalized spacial score (nSPS) is 15.7. The fraction of sp³-hybridized carbons (Fsp3) is 0.500. The molecule has 0 saturated carbocycles. The zero-order chi connectivity index (χ0) is 14.6. The first-order valence-electron chi connectivity index (χ1n) is 6.23. The fourth-order valence-electron chi connectivity index (χ4n) is 1.64. The van der Waals surface area contributed by atoms with Crippen LogP contribution in [-0.4, -0.2) is 23.2 Å². The molecule has 0 heterocycles. The Morgan fingerprint density at radius 1 is 1.47 bits per heavy atom. The molecule has 0 aliphatic carbocycles. The van der Waals surface area contributed by atoms with Gasteiger partial charge < -0.3 is 10.4 Å². The van der Waals surface area contributed by atoms with Gasteiger partial charge in [0.15, 0.2) is 0 Å². The van der Waals surface area contributed by atoms with Gasteiger partial charge in [-0.1, -0.05) is 20.3 Å². The summed E-state index contributed by atoms with van der Waals surface area (Å²) >= 11 is 0. The lowest BCUT2D eigenvalue weighted by atomic mass is 9.88. The van der Waals surface area contributed by atoms with Crippen molar-refractivity contribution in [1.29, 1.82) is 0 Å². The van der Waals surface area contributed by atoms with E-state index in [1.165, 1.54) is 0 Å². The van der Waals surface area contributed by atoms with Crippen LogP contribution in [0.2, 0.25) is 0 Å². The van der Waals surface area contributed by atoms with E-state index in [-0.39, 0.29) is 18.0 Å². The summed E-state index contributed by atoms with van der Waals surface area (Å²) in [5.41, 5.74) is -1.45. The molecular weight excluding hydrogens is 252 g/mol. The molecule has 0 bridgehead atoms. The molecule has 1 aromatic rings. The lowest BCUT2D eigenvalue weighted by Crippen LogP contribution is -2.45. The summed E-state index contributed by atoms with van der Waals surface area (Å²) in [6.07, 6.45) is 0.747. The Morgan fingerprint density at radius 2 is 2.11 bits per heavy atom. The Morgan fingerprint density at radius 3 is 2.68 bits per heavy atom. The summed E-state index contributed by atoms with van der Waals surface area (Å²) < 4.78 is 26.3. The molecule has 0 aliphatic rings. The van der Waals surface area contributed by atoms with Gasteiger partial charge in [-0.05, 0) is 31.0 Å². The lowest BCUT2D eigenvalue weighted by Gasteiger charge is -2.29. The molecule has 0 fully saturated rings. The Kier molecular flexibility index (Phi) is 5.00. The Labute approximate surface area is 111 Å². The summed E-state index contributed by atoms with van der Waals surface area (Å²) in [6, 6.07) is 2.68. The van der Waals surface area contributed by atoms with E-state index in [9.17, 15) is 18.7 Å². The van der Waals surface area contributed by atoms with E-state index in [0.29, 0.717) is 0 Å². The molecule has 19 heavy (non-hydrogen) atoms. The summed E-state index contributed by atoms with van der Waals surface area (Å²) in [6.45, 7) is 5.36. The second kappa shape index (κ2) is 6.10. The van der Waals surface area contributed by atoms with Crippen molar-refractivity contribution >= 4 is 5.91 Å². The van der Waals surface area contributed by atoms with Crippen molar-refractivity contribution in [3.8, 4) is 0 Å². The number of hydrogen-bond donors (Lipinski definition) is 2. The number of benzene rings is 1. The summed E-state index contributed by atoms with van der Waals surface area (Å²) in [5, 5.41) is 12.5. The Balaban J connectivity index is 2.73. The molecule has 106 valence electrons. The quantitative estimate of drug-likeness (QED) is 0.864. The number of amides is 1. The highest BCUT2D eigenvalue weighted by Crippen LogP contribution is 2.19. The number of carbonyl (C=O) groups is 1. The van der Waals surface area contributed by atoms with Crippen molar-refractivity contribution < 1.29 is 18.7 Å². The van der Waals surface area contributed by atoms with E-state index in [4.69, 9.17) is 0 Å². The predicted molar refractivity (Wildman–Crippen MR) is 68.8 cm³/mol. The van der Waals surface area contributed by atoms with Gasteiger partial charge in [0.1, 0.15) is 11.6 Å². The van der Waals surface area contributed by atoms with E-state index in [2.05, 4.69) is 5.32 Å². The molecule has 0 aliphatic heterocycles. The Bertz CT molecular complexity index is 461. The van der Waals surface area contributed by atoms with Gasteiger partial charge in [0, 0.05) is 6.54 Å². The Hall–Kier alpha value is -1.49. The van der Waals surface area contributed by atoms with Crippen molar-refractivity contribution in [3.63, 3.8) is 0 Å². The van der Waals surface area contributed by atoms with Crippen LogP contribution in [0.4, 0.5) is 8.78 Å². The van der Waals surface area contributed by atoms with Gasteiger partial charge in [-0.2, -0.15) is 0 Å². The topological polar surface area (TPSA) is 49.3 Å². The van der Waals surface area contributed by atoms with Crippen molar-refractivity contribution in [2.75, 3.05) is 6.54 Å². The average molecular weight is 271 g/mol. The van der Waals surface area contributed by atoms with Crippen LogP contribution in [0.3, 0.4) is 0 Å². The zero-order valence-electron chi connectivity index (χ0n) is 11.3. The van der Waals surface area contributed by atoms with Crippen molar-refractivity contribution in [1.82, 2.24) is 5.32 Å². The van der Waals surface area contributed by atoms with Crippen LogP contribution in [0, 0.1) is 17.6 Å². The number of carbonyl (C=O) groups excluding carboxylic acids is 1. The minimum Gasteiger partial charge on any atom is -0.388 e. The van der Waals surface area contributed by atoms with Gasteiger partial charge in [0.2, 0.25) is 0 Å². The second-order valence-corrected chi connectivity index (χ2v) is 4.97. The molecule has 5 heteroatoms. The SMILES string of the molecule is CCC(C)C(C)(O)CNC(=O)c1cc(F)ccc1F. The molecule has 2 N–H and O–H groups in total. The summed E-state index contributed by atoms with van der Waals surface area (Å²) in [7, 11) is 0. The number of halogens is 2. The predicted octanol–water partition coefficient (Wildman–Crippen LogP) is 2.49. The minimum absolute atomic E-state index is 0.0171. The second-order valence-electron chi connectivity index (χ2n) is 4.97. The van der Waals surface area contributed by atoms with E-state index in [0.717, 1.165) is 24.6 Å². The van der Waals surface area contributed by atoms with Gasteiger partial charge in [0.25, 0.3) is 5.91 Å². The highest BCUT2D eigenvalue weighted by atomic mass is 19.1. The molecule has 1 aromatic carbocycles. The molecule has 2 unspecified atom stereocenters. The highest BCUT2D eigenvalue weighted by molar-refractivity contribution is 5.94. The molecule has 1 amide bonds. The maximum atomic E-state index is 13.4. The lowest BCUT2D eigenvalue weighted by molar-refractivity contribution is 0.00588. The standard InChI is InChI=1S/C14H19F2NO2/c1-4-9(2)14(3,19)8-17-13(18)11-7-10(15)5-6-12(11)16/h5-7,9,19H,4,8H2,1-3H3,(H,17,18). The monoisotopic (exact) mass is 271 g/mol. The average Bonchev–Trinajstić information content (AvgIpc) is 2.37. The van der Waals surface area contributed by atoms with E-state index in [1.54, 1.807) is 6.92 Å². The van der Waals surface area contributed by atoms with Crippen molar-refractivity contribution in [2.24, 2.45) is 5.92 Å². The number of rotatable bonds is 5. The molecule has 3 nitrogen and oxygen atoms in total. The van der Waals surface area contributed by atoms with E-state index >= 15 is 0 Å². The third kappa shape index (κ3) is 3.99. The highest BCUT2D eigenvalue weighted by Gasteiger charge is 2.28. The fourth-order valence-corrected chi connectivity index (χ4v) is 1.64. The van der Waals surface area contributed by atoms with Crippen LogP contribution in [0.5, 0.6) is 0 Å². The molecule has 2 atom stereocenters. The third-order valence-corrected chi connectivity index (χ3v) is 3.45. The molecular formula is C14H19F2NO2. The van der Waals surface area contributed by atoms with Crippen molar-refractivity contribution in [2.45, 2.75) is 32.8 Å². The largest absolute Gasteiger partial charge is 0.388 e. The first-order valence-corrected chi connectivity index (χ1v) is 6.23. The first-order chi connectivity index (χ1) is 8.77. The van der Waals surface area contributed by atoms with Crippen LogP contribution >= 0.6 is 0 Å². The first kappa shape index (κ1) is 15.6.